The van der Waals surface area contributed by atoms with Crippen LogP contribution < -0.4 is 0 Å². The number of esters is 1. The van der Waals surface area contributed by atoms with E-state index in [0.29, 0.717) is 24.9 Å². The highest BCUT2D eigenvalue weighted by molar-refractivity contribution is 5.69. The van der Waals surface area contributed by atoms with Crippen molar-refractivity contribution in [2.75, 3.05) is 13.2 Å². The SMILES string of the molecule is CCOC(=O)CCC1C2CC3CC(C2)CC1(OCC(C)C)C3. The summed E-state index contributed by atoms with van der Waals surface area (Å²) in [6.07, 6.45) is 8.17. The quantitative estimate of drug-likeness (QED) is 0.661. The second-order valence-corrected chi connectivity index (χ2v) is 8.33. The van der Waals surface area contributed by atoms with Crippen LogP contribution in [0, 0.1) is 29.6 Å². The van der Waals surface area contributed by atoms with Gasteiger partial charge in [-0.15, -0.1) is 0 Å². The smallest absolute Gasteiger partial charge is 0.305 e. The van der Waals surface area contributed by atoms with Gasteiger partial charge in [-0.3, -0.25) is 4.79 Å². The maximum atomic E-state index is 11.8. The number of rotatable bonds is 7. The van der Waals surface area contributed by atoms with E-state index < -0.39 is 0 Å². The Bertz CT molecular complexity index is 389. The van der Waals surface area contributed by atoms with E-state index in [1.165, 1.54) is 32.1 Å². The Labute approximate surface area is 135 Å². The summed E-state index contributed by atoms with van der Waals surface area (Å²) in [4.78, 5) is 11.8. The first-order valence-corrected chi connectivity index (χ1v) is 9.32. The molecule has 0 radical (unpaired) electrons. The van der Waals surface area contributed by atoms with Crippen LogP contribution in [0.15, 0.2) is 0 Å². The Hall–Kier alpha value is -0.570. The monoisotopic (exact) mass is 308 g/mol. The summed E-state index contributed by atoms with van der Waals surface area (Å²) in [5.74, 6) is 3.66. The zero-order valence-electron chi connectivity index (χ0n) is 14.5. The van der Waals surface area contributed by atoms with Gasteiger partial charge in [0.15, 0.2) is 0 Å². The minimum absolute atomic E-state index is 0.0321. The minimum atomic E-state index is -0.0321. The Balaban J connectivity index is 1.69. The summed E-state index contributed by atoms with van der Waals surface area (Å²) in [6, 6.07) is 0. The van der Waals surface area contributed by atoms with Crippen molar-refractivity contribution in [1.29, 1.82) is 0 Å². The van der Waals surface area contributed by atoms with Gasteiger partial charge in [0.2, 0.25) is 0 Å². The molecule has 4 aliphatic carbocycles. The third-order valence-electron chi connectivity index (χ3n) is 6.12. The normalized spacial score (nSPS) is 39.5. The van der Waals surface area contributed by atoms with Gasteiger partial charge in [0.1, 0.15) is 0 Å². The zero-order chi connectivity index (χ0) is 15.7. The van der Waals surface area contributed by atoms with Crippen LogP contribution in [0.4, 0.5) is 0 Å². The second kappa shape index (κ2) is 6.51. The fourth-order valence-electron chi connectivity index (χ4n) is 5.63. The lowest BCUT2D eigenvalue weighted by Gasteiger charge is -2.61. The van der Waals surface area contributed by atoms with Crippen molar-refractivity contribution in [3.8, 4) is 0 Å². The van der Waals surface area contributed by atoms with Crippen LogP contribution in [0.2, 0.25) is 0 Å². The maximum Gasteiger partial charge on any atom is 0.305 e. The molecule has 0 aliphatic heterocycles. The van der Waals surface area contributed by atoms with Crippen LogP contribution in [-0.2, 0) is 14.3 Å². The Morgan fingerprint density at radius 3 is 2.45 bits per heavy atom. The first-order valence-electron chi connectivity index (χ1n) is 9.32. The Kier molecular flexibility index (Phi) is 4.82. The molecule has 0 aromatic carbocycles. The highest BCUT2D eigenvalue weighted by atomic mass is 16.5. The van der Waals surface area contributed by atoms with Crippen LogP contribution in [0.25, 0.3) is 0 Å². The summed E-state index contributed by atoms with van der Waals surface area (Å²) < 4.78 is 11.7. The van der Waals surface area contributed by atoms with Crippen LogP contribution >= 0.6 is 0 Å². The molecular weight excluding hydrogens is 276 g/mol. The van der Waals surface area contributed by atoms with E-state index in [-0.39, 0.29) is 11.6 Å². The average Bonchev–Trinajstić information content (AvgIpc) is 2.44. The highest BCUT2D eigenvalue weighted by Gasteiger charge is 2.57. The van der Waals surface area contributed by atoms with Crippen molar-refractivity contribution in [1.82, 2.24) is 0 Å². The number of carbonyl (C=O) groups excluding carboxylic acids is 1. The molecule has 4 saturated carbocycles. The van der Waals surface area contributed by atoms with E-state index in [9.17, 15) is 4.79 Å². The molecule has 22 heavy (non-hydrogen) atoms. The number of hydrogen-bond donors (Lipinski definition) is 0. The van der Waals surface area contributed by atoms with Gasteiger partial charge in [0.05, 0.1) is 12.2 Å². The van der Waals surface area contributed by atoms with Crippen LogP contribution in [0.5, 0.6) is 0 Å². The van der Waals surface area contributed by atoms with Crippen molar-refractivity contribution in [3.05, 3.63) is 0 Å². The number of ether oxygens (including phenoxy) is 2. The van der Waals surface area contributed by atoms with Gasteiger partial charge in [-0.2, -0.15) is 0 Å². The molecule has 0 aromatic heterocycles. The lowest BCUT2D eigenvalue weighted by atomic mass is 9.49. The van der Waals surface area contributed by atoms with Crippen LogP contribution in [0.1, 0.15) is 65.7 Å². The number of hydrogen-bond acceptors (Lipinski definition) is 3. The average molecular weight is 308 g/mol. The summed E-state index contributed by atoms with van der Waals surface area (Å²) in [6.45, 7) is 7.70. The van der Waals surface area contributed by atoms with Crippen molar-refractivity contribution in [3.63, 3.8) is 0 Å². The van der Waals surface area contributed by atoms with E-state index >= 15 is 0 Å². The van der Waals surface area contributed by atoms with Crippen molar-refractivity contribution in [2.24, 2.45) is 29.6 Å². The van der Waals surface area contributed by atoms with Gasteiger partial charge >= 0.3 is 5.97 Å². The van der Waals surface area contributed by atoms with Gasteiger partial charge in [0.25, 0.3) is 0 Å². The molecule has 4 rings (SSSR count). The molecule has 126 valence electrons. The van der Waals surface area contributed by atoms with E-state index in [4.69, 9.17) is 9.47 Å². The molecule has 3 unspecified atom stereocenters. The molecule has 0 heterocycles. The summed E-state index contributed by atoms with van der Waals surface area (Å²) in [7, 11) is 0. The fraction of sp³-hybridized carbons (Fsp3) is 0.947. The van der Waals surface area contributed by atoms with E-state index in [1.54, 1.807) is 0 Å². The molecular formula is C19H32O3. The lowest BCUT2D eigenvalue weighted by Crippen LogP contribution is -2.58. The van der Waals surface area contributed by atoms with Crippen LogP contribution in [-0.4, -0.2) is 24.8 Å². The first kappa shape index (κ1) is 16.3. The molecule has 0 spiro atoms. The molecule has 3 atom stereocenters. The largest absolute Gasteiger partial charge is 0.466 e. The minimum Gasteiger partial charge on any atom is -0.466 e. The van der Waals surface area contributed by atoms with Crippen LogP contribution in [0.3, 0.4) is 0 Å². The van der Waals surface area contributed by atoms with E-state index in [2.05, 4.69) is 13.8 Å². The molecule has 4 bridgehead atoms. The molecule has 0 saturated heterocycles. The van der Waals surface area contributed by atoms with Crippen molar-refractivity contribution < 1.29 is 14.3 Å². The first-order chi connectivity index (χ1) is 10.5. The van der Waals surface area contributed by atoms with E-state index in [1.807, 2.05) is 6.92 Å². The lowest BCUT2D eigenvalue weighted by molar-refractivity contribution is -0.209. The highest BCUT2D eigenvalue weighted by Crippen LogP contribution is 2.61. The number of carbonyl (C=O) groups is 1. The molecule has 4 fully saturated rings. The zero-order valence-corrected chi connectivity index (χ0v) is 14.5. The third kappa shape index (κ3) is 3.20. The molecule has 4 aliphatic rings. The van der Waals surface area contributed by atoms with Gasteiger partial charge in [-0.1, -0.05) is 13.8 Å². The fourth-order valence-corrected chi connectivity index (χ4v) is 5.63. The third-order valence-corrected chi connectivity index (χ3v) is 6.12. The standard InChI is InChI=1S/C19H32O3/c1-4-21-18(20)6-5-17-16-8-14-7-15(9-16)11-19(17,10-14)22-12-13(2)3/h13-17H,4-12H2,1-3H3. The molecule has 0 N–H and O–H groups in total. The predicted octanol–water partition coefficient (Wildman–Crippen LogP) is 4.20. The Morgan fingerprint density at radius 2 is 1.86 bits per heavy atom. The van der Waals surface area contributed by atoms with Crippen molar-refractivity contribution in [2.45, 2.75) is 71.3 Å². The van der Waals surface area contributed by atoms with Gasteiger partial charge in [0, 0.05) is 13.0 Å². The molecule has 3 heteroatoms. The molecule has 0 amide bonds. The Morgan fingerprint density at radius 1 is 1.18 bits per heavy atom. The molecule has 3 nitrogen and oxygen atoms in total. The maximum absolute atomic E-state index is 11.8. The summed E-state index contributed by atoms with van der Waals surface area (Å²) in [5, 5.41) is 0. The van der Waals surface area contributed by atoms with Crippen molar-refractivity contribution >= 4 is 5.97 Å². The van der Waals surface area contributed by atoms with Gasteiger partial charge in [-0.05, 0) is 75.0 Å². The van der Waals surface area contributed by atoms with E-state index in [0.717, 1.165) is 30.8 Å². The van der Waals surface area contributed by atoms with Gasteiger partial charge < -0.3 is 9.47 Å². The topological polar surface area (TPSA) is 35.5 Å². The second-order valence-electron chi connectivity index (χ2n) is 8.33. The summed E-state index contributed by atoms with van der Waals surface area (Å²) in [5.41, 5.74) is 0.0749. The molecule has 0 aromatic rings. The van der Waals surface area contributed by atoms with Gasteiger partial charge in [-0.25, -0.2) is 0 Å². The summed E-state index contributed by atoms with van der Waals surface area (Å²) >= 11 is 0. The predicted molar refractivity (Wildman–Crippen MR) is 86.4 cm³/mol.